The molecule has 0 saturated carbocycles. The van der Waals surface area contributed by atoms with E-state index < -0.39 is 23.0 Å². The summed E-state index contributed by atoms with van der Waals surface area (Å²) in [6, 6.07) is 9.53. The minimum absolute atomic E-state index is 0.0158. The van der Waals surface area contributed by atoms with Gasteiger partial charge in [-0.2, -0.15) is 0 Å². The molecule has 0 saturated heterocycles. The maximum Gasteiger partial charge on any atom is 0.204 e. The van der Waals surface area contributed by atoms with E-state index in [9.17, 15) is 25.2 Å². The van der Waals surface area contributed by atoms with Gasteiger partial charge in [-0.15, -0.1) is 0 Å². The molecule has 0 unspecified atom stereocenters. The second-order valence-corrected chi connectivity index (χ2v) is 4.09. The highest BCUT2D eigenvalue weighted by Gasteiger charge is 2.14. The molecule has 2 aromatic rings. The lowest BCUT2D eigenvalue weighted by atomic mass is 10.1. The molecular formula is C15H12O5. The predicted molar refractivity (Wildman–Crippen MR) is 72.9 cm³/mol. The van der Waals surface area contributed by atoms with E-state index in [1.165, 1.54) is 12.2 Å². The van der Waals surface area contributed by atoms with Crippen molar-refractivity contribution < 1.29 is 25.2 Å². The number of phenols is 4. The van der Waals surface area contributed by atoms with Crippen LogP contribution in [0.5, 0.6) is 23.0 Å². The molecule has 0 aliphatic heterocycles. The van der Waals surface area contributed by atoms with Gasteiger partial charge in [0.25, 0.3) is 0 Å². The van der Waals surface area contributed by atoms with E-state index in [0.29, 0.717) is 5.56 Å². The van der Waals surface area contributed by atoms with Crippen molar-refractivity contribution in [2.75, 3.05) is 0 Å². The Morgan fingerprint density at radius 1 is 0.900 bits per heavy atom. The topological polar surface area (TPSA) is 98.0 Å². The molecule has 0 aliphatic rings. The van der Waals surface area contributed by atoms with Crippen molar-refractivity contribution in [2.45, 2.75) is 0 Å². The first kappa shape index (κ1) is 13.5. The monoisotopic (exact) mass is 272 g/mol. The average Bonchev–Trinajstić information content (AvgIpc) is 2.48. The molecule has 2 rings (SSSR count). The maximum atomic E-state index is 11.8. The SMILES string of the molecule is O=C(C=Cc1cc(O)c(O)c(O)c1O)c1ccccc1. The van der Waals surface area contributed by atoms with Crippen molar-refractivity contribution in [1.29, 1.82) is 0 Å². The molecular weight excluding hydrogens is 260 g/mol. The molecule has 0 amide bonds. The van der Waals surface area contributed by atoms with Crippen molar-refractivity contribution in [3.05, 3.63) is 53.6 Å². The molecule has 102 valence electrons. The van der Waals surface area contributed by atoms with Crippen LogP contribution in [0, 0.1) is 0 Å². The van der Waals surface area contributed by atoms with Crippen LogP contribution in [-0.2, 0) is 0 Å². The lowest BCUT2D eigenvalue weighted by molar-refractivity contribution is 0.104. The minimum atomic E-state index is -0.836. The van der Waals surface area contributed by atoms with Crippen molar-refractivity contribution in [3.8, 4) is 23.0 Å². The van der Waals surface area contributed by atoms with Crippen molar-refractivity contribution in [2.24, 2.45) is 0 Å². The molecule has 4 N–H and O–H groups in total. The third kappa shape index (κ3) is 2.56. The van der Waals surface area contributed by atoms with Gasteiger partial charge in [-0.3, -0.25) is 4.79 Å². The van der Waals surface area contributed by atoms with Crippen LogP contribution in [0.1, 0.15) is 15.9 Å². The fraction of sp³-hybridized carbons (Fsp3) is 0. The fourth-order valence-electron chi connectivity index (χ4n) is 1.65. The Balaban J connectivity index is 2.31. The third-order valence-corrected chi connectivity index (χ3v) is 2.73. The molecule has 5 heteroatoms. The Morgan fingerprint density at radius 2 is 1.55 bits per heavy atom. The smallest absolute Gasteiger partial charge is 0.204 e. The summed E-state index contributed by atoms with van der Waals surface area (Å²) in [4.78, 5) is 11.8. The largest absolute Gasteiger partial charge is 0.504 e. The van der Waals surface area contributed by atoms with Crippen molar-refractivity contribution in [1.82, 2.24) is 0 Å². The minimum Gasteiger partial charge on any atom is -0.504 e. The van der Waals surface area contributed by atoms with Gasteiger partial charge in [0, 0.05) is 11.1 Å². The highest BCUT2D eigenvalue weighted by atomic mass is 16.3. The molecule has 5 nitrogen and oxygen atoms in total. The Bertz CT molecular complexity index is 674. The van der Waals surface area contributed by atoms with Gasteiger partial charge in [-0.05, 0) is 18.2 Å². The molecule has 0 aliphatic carbocycles. The van der Waals surface area contributed by atoms with Gasteiger partial charge in [0.05, 0.1) is 0 Å². The summed E-state index contributed by atoms with van der Waals surface area (Å²) in [7, 11) is 0. The Morgan fingerprint density at radius 3 is 2.20 bits per heavy atom. The summed E-state index contributed by atoms with van der Waals surface area (Å²) in [5.41, 5.74) is 0.484. The van der Waals surface area contributed by atoms with Crippen LogP contribution in [0.15, 0.2) is 42.5 Å². The number of ketones is 1. The number of phenolic OH excluding ortho intramolecular Hbond substituents is 4. The van der Waals surface area contributed by atoms with Crippen LogP contribution in [-0.4, -0.2) is 26.2 Å². The first-order valence-electron chi connectivity index (χ1n) is 5.75. The van der Waals surface area contributed by atoms with Gasteiger partial charge in [0.15, 0.2) is 17.3 Å². The Kier molecular flexibility index (Phi) is 3.61. The zero-order valence-corrected chi connectivity index (χ0v) is 10.3. The average molecular weight is 272 g/mol. The number of allylic oxidation sites excluding steroid dienone is 1. The summed E-state index contributed by atoms with van der Waals surface area (Å²) in [6.07, 6.45) is 2.43. The van der Waals surface area contributed by atoms with Crippen LogP contribution < -0.4 is 0 Å². The first-order chi connectivity index (χ1) is 9.50. The number of carbonyl (C=O) groups is 1. The van der Waals surface area contributed by atoms with Crippen molar-refractivity contribution in [3.63, 3.8) is 0 Å². The van der Waals surface area contributed by atoms with Crippen LogP contribution in [0.4, 0.5) is 0 Å². The second kappa shape index (κ2) is 5.36. The Labute approximate surface area is 114 Å². The zero-order chi connectivity index (χ0) is 14.7. The zero-order valence-electron chi connectivity index (χ0n) is 10.3. The molecule has 0 atom stereocenters. The van der Waals surface area contributed by atoms with Crippen LogP contribution >= 0.6 is 0 Å². The molecule has 2 aromatic carbocycles. The summed E-state index contributed by atoms with van der Waals surface area (Å²) in [6.45, 7) is 0. The predicted octanol–water partition coefficient (Wildman–Crippen LogP) is 2.41. The first-order valence-corrected chi connectivity index (χ1v) is 5.75. The summed E-state index contributed by atoms with van der Waals surface area (Å²) in [5, 5.41) is 37.5. The normalized spacial score (nSPS) is 10.8. The van der Waals surface area contributed by atoms with E-state index in [0.717, 1.165) is 6.07 Å². The van der Waals surface area contributed by atoms with Gasteiger partial charge in [-0.25, -0.2) is 0 Å². The van der Waals surface area contributed by atoms with E-state index in [-0.39, 0.29) is 11.3 Å². The van der Waals surface area contributed by atoms with Gasteiger partial charge in [0.1, 0.15) is 0 Å². The highest BCUT2D eigenvalue weighted by Crippen LogP contribution is 2.44. The van der Waals surface area contributed by atoms with Crippen LogP contribution in [0.25, 0.3) is 6.08 Å². The molecule has 0 aromatic heterocycles. The van der Waals surface area contributed by atoms with Gasteiger partial charge in [0.2, 0.25) is 11.5 Å². The van der Waals surface area contributed by atoms with Gasteiger partial charge < -0.3 is 20.4 Å². The van der Waals surface area contributed by atoms with E-state index in [4.69, 9.17) is 0 Å². The lowest BCUT2D eigenvalue weighted by Crippen LogP contribution is -1.92. The van der Waals surface area contributed by atoms with Crippen LogP contribution in [0.3, 0.4) is 0 Å². The molecule has 0 fully saturated rings. The van der Waals surface area contributed by atoms with Crippen LogP contribution in [0.2, 0.25) is 0 Å². The molecule has 0 heterocycles. The fourth-order valence-corrected chi connectivity index (χ4v) is 1.65. The molecule has 0 spiro atoms. The van der Waals surface area contributed by atoms with E-state index in [2.05, 4.69) is 0 Å². The second-order valence-electron chi connectivity index (χ2n) is 4.09. The third-order valence-electron chi connectivity index (χ3n) is 2.73. The number of hydrogen-bond donors (Lipinski definition) is 4. The van der Waals surface area contributed by atoms with Gasteiger partial charge in [-0.1, -0.05) is 30.3 Å². The number of aromatic hydroxyl groups is 4. The lowest BCUT2D eigenvalue weighted by Gasteiger charge is -2.06. The van der Waals surface area contributed by atoms with Crippen molar-refractivity contribution >= 4 is 11.9 Å². The number of benzene rings is 2. The summed E-state index contributed by atoms with van der Waals surface area (Å²) in [5.74, 6) is -3.15. The van der Waals surface area contributed by atoms with E-state index in [1.807, 2.05) is 0 Å². The maximum absolute atomic E-state index is 11.8. The summed E-state index contributed by atoms with van der Waals surface area (Å²) >= 11 is 0. The number of rotatable bonds is 3. The molecule has 0 radical (unpaired) electrons. The summed E-state index contributed by atoms with van der Waals surface area (Å²) < 4.78 is 0. The Hall–Kier alpha value is -2.95. The molecule has 0 bridgehead atoms. The highest BCUT2D eigenvalue weighted by molar-refractivity contribution is 6.07. The standard InChI is InChI=1S/C15H12O5/c16-11(9-4-2-1-3-5-9)7-6-10-8-12(17)14(19)15(20)13(10)18/h1-8,17-20H. The van der Waals surface area contributed by atoms with Gasteiger partial charge >= 0.3 is 0 Å². The number of carbonyl (C=O) groups excluding carboxylic acids is 1. The van der Waals surface area contributed by atoms with E-state index in [1.54, 1.807) is 30.3 Å². The quantitative estimate of drug-likeness (QED) is 0.298. The number of hydrogen-bond acceptors (Lipinski definition) is 5. The molecule has 20 heavy (non-hydrogen) atoms. The van der Waals surface area contributed by atoms with E-state index >= 15 is 0 Å².